The Morgan fingerprint density at radius 2 is 1.30 bits per heavy atom. The molecule has 0 radical (unpaired) electrons. The Labute approximate surface area is 157 Å². The van der Waals surface area contributed by atoms with Crippen molar-refractivity contribution in [3.63, 3.8) is 0 Å². The number of hydrogen-bond acceptors (Lipinski definition) is 0. The second-order valence-electron chi connectivity index (χ2n) is 5.01. The van der Waals surface area contributed by atoms with Crippen LogP contribution in [0.5, 0.6) is 0 Å². The van der Waals surface area contributed by atoms with Gasteiger partial charge in [0.2, 0.25) is 0 Å². The summed E-state index contributed by atoms with van der Waals surface area (Å²) in [4.78, 5) is 0. The van der Waals surface area contributed by atoms with Gasteiger partial charge in [-0.1, -0.05) is 78.5 Å². The molecule has 118 valence electrons. The van der Waals surface area contributed by atoms with Gasteiger partial charge in [-0.25, -0.2) is 0 Å². The van der Waals surface area contributed by atoms with Crippen molar-refractivity contribution in [2.75, 3.05) is 0 Å². The molecule has 0 aliphatic rings. The number of benzene rings is 2. The Kier molecular flexibility index (Phi) is 7.76. The number of halogens is 3. The summed E-state index contributed by atoms with van der Waals surface area (Å²) in [5.74, 6) is 0. The molecule has 0 aliphatic heterocycles. The Hall–Kier alpha value is -0.196. The topological polar surface area (TPSA) is 0 Å². The van der Waals surface area contributed by atoms with Crippen LogP contribution >= 0.6 is 36.1 Å². The molecular weight excluding hydrogens is 401 g/mol. The monoisotopic (exact) mass is 416 g/mol. The molecule has 3 rings (SSSR count). The minimum atomic E-state index is -1.92. The van der Waals surface area contributed by atoms with Crippen LogP contribution in [0.25, 0.3) is 21.7 Å². The summed E-state index contributed by atoms with van der Waals surface area (Å²) in [7, 11) is 16.2. The predicted octanol–water partition coefficient (Wildman–Crippen LogP) is 8.00. The van der Waals surface area contributed by atoms with Crippen molar-refractivity contribution >= 4 is 36.1 Å². The SMILES string of the molecule is Cc1c(-c2ccccc2)p[c-](-c2ccccc2)c1C.[Cl][Ti+]([Cl])[Cl]. The van der Waals surface area contributed by atoms with E-state index >= 15 is 0 Å². The normalized spacial score (nSPS) is 10.3. The van der Waals surface area contributed by atoms with Gasteiger partial charge in [-0.2, -0.15) is 8.19 Å². The van der Waals surface area contributed by atoms with Crippen LogP contribution in [0.2, 0.25) is 0 Å². The van der Waals surface area contributed by atoms with Crippen molar-refractivity contribution in [1.82, 2.24) is 0 Å². The number of rotatable bonds is 2. The van der Waals surface area contributed by atoms with Crippen LogP contribution in [0.3, 0.4) is 0 Å². The summed E-state index contributed by atoms with van der Waals surface area (Å²) in [6.45, 7) is 4.47. The van der Waals surface area contributed by atoms with Crippen LogP contribution in [-0.4, -0.2) is 0 Å². The molecule has 0 saturated heterocycles. The van der Waals surface area contributed by atoms with Crippen molar-refractivity contribution in [3.05, 3.63) is 71.8 Å². The third kappa shape index (κ3) is 5.40. The maximum atomic E-state index is 4.97. The van der Waals surface area contributed by atoms with E-state index in [1.54, 1.807) is 0 Å². The fourth-order valence-corrected chi connectivity index (χ4v) is 3.84. The standard InChI is InChI=1S/C18H16P.3ClH.Ti/c1-13-14(2)18(16-11-7-4-8-12-16)19-17(13)15-9-5-3-6-10-15;;;;/h3-12H,1-2H3;3*1H;/q-1;;;;+4/p-3. The van der Waals surface area contributed by atoms with E-state index in [9.17, 15) is 0 Å². The molecule has 23 heavy (non-hydrogen) atoms. The van der Waals surface area contributed by atoms with Crippen LogP contribution < -0.4 is 0 Å². The summed E-state index contributed by atoms with van der Waals surface area (Å²) in [6, 6.07) is 21.4. The van der Waals surface area contributed by atoms with Crippen LogP contribution in [0.4, 0.5) is 0 Å². The summed E-state index contributed by atoms with van der Waals surface area (Å²) < 4.78 is 0. The fraction of sp³-hybridized carbons (Fsp3) is 0.111. The summed E-state index contributed by atoms with van der Waals surface area (Å²) in [6.07, 6.45) is 0. The van der Waals surface area contributed by atoms with Crippen LogP contribution in [0.15, 0.2) is 60.7 Å². The second kappa shape index (κ2) is 9.33. The first-order valence-electron chi connectivity index (χ1n) is 7.09. The van der Waals surface area contributed by atoms with Gasteiger partial charge in [0, 0.05) is 0 Å². The Morgan fingerprint density at radius 1 is 0.826 bits per heavy atom. The molecule has 2 aromatic carbocycles. The molecule has 0 nitrogen and oxygen atoms in total. The van der Waals surface area contributed by atoms with E-state index in [1.807, 2.05) is 0 Å². The summed E-state index contributed by atoms with van der Waals surface area (Å²) in [5.41, 5.74) is 5.53. The van der Waals surface area contributed by atoms with Crippen LogP contribution in [0.1, 0.15) is 11.1 Å². The molecular formula is C18H16Cl3PTi. The van der Waals surface area contributed by atoms with Gasteiger partial charge >= 0.3 is 42.6 Å². The molecule has 1 heterocycles. The third-order valence-corrected chi connectivity index (χ3v) is 5.23. The number of hydrogen-bond donors (Lipinski definition) is 0. The minimum absolute atomic E-state index is 1.33. The van der Waals surface area contributed by atoms with Gasteiger partial charge in [0.25, 0.3) is 0 Å². The molecule has 0 fully saturated rings. The molecule has 0 atom stereocenters. The Balaban J connectivity index is 0.000000433. The summed E-state index contributed by atoms with van der Waals surface area (Å²) in [5, 5.41) is 2.88. The molecule has 0 bridgehead atoms. The first-order chi connectivity index (χ1) is 11.0. The quantitative estimate of drug-likeness (QED) is 0.293. The second-order valence-corrected chi connectivity index (χ2v) is 13.9. The average Bonchev–Trinajstić information content (AvgIpc) is 2.85. The van der Waals surface area contributed by atoms with Crippen LogP contribution in [-0.2, 0) is 14.7 Å². The average molecular weight is 418 g/mol. The fourth-order valence-electron chi connectivity index (χ4n) is 2.39. The zero-order valence-corrected chi connectivity index (χ0v) is 17.6. The molecule has 5 heteroatoms. The molecule has 3 aromatic rings. The van der Waals surface area contributed by atoms with Crippen molar-refractivity contribution in [1.29, 1.82) is 0 Å². The molecule has 1 aromatic heterocycles. The third-order valence-electron chi connectivity index (χ3n) is 3.59. The van der Waals surface area contributed by atoms with Crippen molar-refractivity contribution in [3.8, 4) is 21.7 Å². The van der Waals surface area contributed by atoms with Gasteiger partial charge in [0.15, 0.2) is 0 Å². The maximum absolute atomic E-state index is 4.97. The molecule has 0 aliphatic carbocycles. The molecule has 0 spiro atoms. The Bertz CT molecular complexity index is 677. The predicted molar refractivity (Wildman–Crippen MR) is 102 cm³/mol. The van der Waals surface area contributed by atoms with Gasteiger partial charge in [-0.3, -0.25) is 0 Å². The zero-order valence-electron chi connectivity index (χ0n) is 12.9. The molecule has 0 unspecified atom stereocenters. The zero-order chi connectivity index (χ0) is 16.8. The molecule has 0 amide bonds. The van der Waals surface area contributed by atoms with Crippen molar-refractivity contribution in [2.24, 2.45) is 0 Å². The molecule has 0 saturated carbocycles. The van der Waals surface area contributed by atoms with Gasteiger partial charge in [-0.15, -0.1) is 28.8 Å². The van der Waals surface area contributed by atoms with E-state index in [0.29, 0.717) is 0 Å². The van der Waals surface area contributed by atoms with Crippen molar-refractivity contribution < 1.29 is 14.7 Å². The first-order valence-corrected chi connectivity index (χ1v) is 14.4. The van der Waals surface area contributed by atoms with E-state index in [-0.39, 0.29) is 0 Å². The summed E-state index contributed by atoms with van der Waals surface area (Å²) >= 11 is -1.92. The first kappa shape index (κ1) is 19.1. The van der Waals surface area contributed by atoms with E-state index in [4.69, 9.17) is 27.9 Å². The van der Waals surface area contributed by atoms with E-state index < -0.39 is 14.7 Å². The van der Waals surface area contributed by atoms with Gasteiger partial charge < -0.3 is 0 Å². The Morgan fingerprint density at radius 3 is 1.83 bits per heavy atom. The van der Waals surface area contributed by atoms with E-state index in [2.05, 4.69) is 74.5 Å². The van der Waals surface area contributed by atoms with Gasteiger partial charge in [0.05, 0.1) is 0 Å². The van der Waals surface area contributed by atoms with E-state index in [0.717, 1.165) is 0 Å². The van der Waals surface area contributed by atoms with Crippen LogP contribution in [0, 0.1) is 13.8 Å². The van der Waals surface area contributed by atoms with E-state index in [1.165, 1.54) is 41.0 Å². The molecule has 0 N–H and O–H groups in total. The van der Waals surface area contributed by atoms with Gasteiger partial charge in [-0.05, 0) is 0 Å². The van der Waals surface area contributed by atoms with Gasteiger partial charge in [0.1, 0.15) is 0 Å². The van der Waals surface area contributed by atoms with Crippen molar-refractivity contribution in [2.45, 2.75) is 13.8 Å².